The summed E-state index contributed by atoms with van der Waals surface area (Å²) in [7, 11) is -3.39. The molecule has 0 aliphatic carbocycles. The van der Waals surface area contributed by atoms with Gasteiger partial charge in [-0.3, -0.25) is 0 Å². The Morgan fingerprint density at radius 1 is 1.38 bits per heavy atom. The zero-order chi connectivity index (χ0) is 12.2. The van der Waals surface area contributed by atoms with Gasteiger partial charge in [0.2, 0.25) is 10.0 Å². The molecule has 1 N–H and O–H groups in total. The number of halogens is 2. The van der Waals surface area contributed by atoms with E-state index in [0.717, 1.165) is 10.0 Å². The lowest BCUT2D eigenvalue weighted by atomic mass is 10.1. The first kappa shape index (κ1) is 14.0. The van der Waals surface area contributed by atoms with E-state index in [1.165, 1.54) is 0 Å². The van der Waals surface area contributed by atoms with Crippen molar-refractivity contribution in [3.8, 4) is 0 Å². The fraction of sp³-hybridized carbons (Fsp3) is 0.400. The molecule has 16 heavy (non-hydrogen) atoms. The van der Waals surface area contributed by atoms with Gasteiger partial charge < -0.3 is 0 Å². The lowest BCUT2D eigenvalue weighted by Crippen LogP contribution is -2.28. The second kappa shape index (κ2) is 6.00. The number of nitrogens with one attached hydrogen (secondary N) is 1. The van der Waals surface area contributed by atoms with Crippen LogP contribution < -0.4 is 4.72 Å². The SMILES string of the molecule is CCC(NS(=O)(=O)CCl)c1ccc(Br)cc1. The largest absolute Gasteiger partial charge is 0.226 e. The number of alkyl halides is 1. The summed E-state index contributed by atoms with van der Waals surface area (Å²) >= 11 is 8.68. The fourth-order valence-corrected chi connectivity index (χ4v) is 2.58. The average molecular weight is 327 g/mol. The minimum absolute atomic E-state index is 0.225. The fourth-order valence-electron chi connectivity index (χ4n) is 1.33. The van der Waals surface area contributed by atoms with Gasteiger partial charge in [0.15, 0.2) is 0 Å². The Bertz CT molecular complexity index is 433. The van der Waals surface area contributed by atoms with Gasteiger partial charge in [-0.1, -0.05) is 35.0 Å². The Morgan fingerprint density at radius 3 is 2.38 bits per heavy atom. The van der Waals surface area contributed by atoms with E-state index in [-0.39, 0.29) is 6.04 Å². The third kappa shape index (κ3) is 4.05. The minimum atomic E-state index is -3.39. The topological polar surface area (TPSA) is 46.2 Å². The van der Waals surface area contributed by atoms with E-state index in [0.29, 0.717) is 6.42 Å². The number of sulfonamides is 1. The molecule has 0 aliphatic rings. The highest BCUT2D eigenvalue weighted by Crippen LogP contribution is 2.20. The predicted octanol–water partition coefficient (Wildman–Crippen LogP) is 3.02. The van der Waals surface area contributed by atoms with Crippen molar-refractivity contribution in [2.45, 2.75) is 19.4 Å². The van der Waals surface area contributed by atoms with Crippen molar-refractivity contribution in [1.29, 1.82) is 0 Å². The molecule has 0 spiro atoms. The number of hydrogen-bond acceptors (Lipinski definition) is 2. The third-order valence-electron chi connectivity index (χ3n) is 2.15. The van der Waals surface area contributed by atoms with Gasteiger partial charge in [-0.05, 0) is 24.1 Å². The van der Waals surface area contributed by atoms with Crippen LogP contribution >= 0.6 is 27.5 Å². The Hall–Kier alpha value is -0.100. The van der Waals surface area contributed by atoms with Crippen molar-refractivity contribution in [2.24, 2.45) is 0 Å². The standard InChI is InChI=1S/C10H13BrClNO2S/c1-2-10(13-16(14,15)7-12)8-3-5-9(11)6-4-8/h3-6,10,13H,2,7H2,1H3. The molecule has 1 rings (SSSR count). The molecule has 1 aromatic carbocycles. The highest BCUT2D eigenvalue weighted by molar-refractivity contribution is 9.10. The van der Waals surface area contributed by atoms with Crippen LogP contribution in [-0.4, -0.2) is 13.6 Å². The molecule has 0 heterocycles. The first-order valence-electron chi connectivity index (χ1n) is 4.80. The molecule has 0 saturated carbocycles. The van der Waals surface area contributed by atoms with Gasteiger partial charge in [-0.2, -0.15) is 0 Å². The molecule has 0 saturated heterocycles. The highest BCUT2D eigenvalue weighted by atomic mass is 79.9. The maximum absolute atomic E-state index is 11.4. The van der Waals surface area contributed by atoms with Crippen LogP contribution in [0.1, 0.15) is 24.9 Å². The first-order valence-corrected chi connectivity index (χ1v) is 7.78. The van der Waals surface area contributed by atoms with E-state index in [1.807, 2.05) is 31.2 Å². The zero-order valence-corrected chi connectivity index (χ0v) is 11.9. The van der Waals surface area contributed by atoms with E-state index < -0.39 is 15.2 Å². The normalized spacial score (nSPS) is 13.7. The summed E-state index contributed by atoms with van der Waals surface area (Å²) in [5.74, 6) is 0. The van der Waals surface area contributed by atoms with Gasteiger partial charge in [0.25, 0.3) is 0 Å². The number of rotatable bonds is 5. The molecule has 0 aromatic heterocycles. The maximum Gasteiger partial charge on any atom is 0.226 e. The molecule has 90 valence electrons. The van der Waals surface area contributed by atoms with Crippen LogP contribution in [0.4, 0.5) is 0 Å². The summed E-state index contributed by atoms with van der Waals surface area (Å²) in [4.78, 5) is 0. The molecule has 3 nitrogen and oxygen atoms in total. The van der Waals surface area contributed by atoms with Crippen molar-refractivity contribution in [3.05, 3.63) is 34.3 Å². The van der Waals surface area contributed by atoms with E-state index >= 15 is 0 Å². The molecular formula is C10H13BrClNO2S. The summed E-state index contributed by atoms with van der Waals surface area (Å²) in [5, 5.41) is -0.417. The summed E-state index contributed by atoms with van der Waals surface area (Å²) in [6, 6.07) is 7.31. The van der Waals surface area contributed by atoms with Crippen LogP contribution in [0.25, 0.3) is 0 Å². The summed E-state index contributed by atoms with van der Waals surface area (Å²) in [5.41, 5.74) is 0.930. The highest BCUT2D eigenvalue weighted by Gasteiger charge is 2.16. The van der Waals surface area contributed by atoms with Crippen LogP contribution in [0.5, 0.6) is 0 Å². The summed E-state index contributed by atoms with van der Waals surface area (Å²) < 4.78 is 26.2. The Labute approximate surface area is 109 Å². The Morgan fingerprint density at radius 2 is 1.94 bits per heavy atom. The van der Waals surface area contributed by atoms with Gasteiger partial charge in [0.1, 0.15) is 5.21 Å². The lowest BCUT2D eigenvalue weighted by molar-refractivity contribution is 0.554. The van der Waals surface area contributed by atoms with Crippen LogP contribution in [0, 0.1) is 0 Å². The Kier molecular flexibility index (Phi) is 5.24. The second-order valence-electron chi connectivity index (χ2n) is 3.35. The van der Waals surface area contributed by atoms with E-state index in [9.17, 15) is 8.42 Å². The number of hydrogen-bond donors (Lipinski definition) is 1. The molecule has 0 radical (unpaired) electrons. The van der Waals surface area contributed by atoms with Crippen LogP contribution in [-0.2, 0) is 10.0 Å². The Balaban J connectivity index is 2.87. The first-order chi connectivity index (χ1) is 7.48. The van der Waals surface area contributed by atoms with Gasteiger partial charge in [-0.25, -0.2) is 13.1 Å². The lowest BCUT2D eigenvalue weighted by Gasteiger charge is -2.16. The number of benzene rings is 1. The molecule has 0 fully saturated rings. The quantitative estimate of drug-likeness (QED) is 0.845. The molecule has 0 bridgehead atoms. The van der Waals surface area contributed by atoms with Crippen molar-refractivity contribution in [3.63, 3.8) is 0 Å². The maximum atomic E-state index is 11.4. The van der Waals surface area contributed by atoms with E-state index in [4.69, 9.17) is 11.6 Å². The summed E-state index contributed by atoms with van der Waals surface area (Å²) in [6.45, 7) is 1.92. The average Bonchev–Trinajstić information content (AvgIpc) is 2.27. The molecule has 1 atom stereocenters. The van der Waals surface area contributed by atoms with Crippen molar-refractivity contribution < 1.29 is 8.42 Å². The van der Waals surface area contributed by atoms with Crippen molar-refractivity contribution in [1.82, 2.24) is 4.72 Å². The van der Waals surface area contributed by atoms with Gasteiger partial charge >= 0.3 is 0 Å². The molecule has 6 heteroatoms. The zero-order valence-electron chi connectivity index (χ0n) is 8.78. The predicted molar refractivity (Wildman–Crippen MR) is 69.9 cm³/mol. The van der Waals surface area contributed by atoms with Gasteiger partial charge in [-0.15, -0.1) is 11.6 Å². The third-order valence-corrected chi connectivity index (χ3v) is 4.47. The van der Waals surface area contributed by atoms with Crippen LogP contribution in [0.2, 0.25) is 0 Å². The smallest absolute Gasteiger partial charge is 0.211 e. The van der Waals surface area contributed by atoms with E-state index in [1.54, 1.807) is 0 Å². The van der Waals surface area contributed by atoms with Gasteiger partial charge in [0, 0.05) is 10.5 Å². The molecule has 1 unspecified atom stereocenters. The molecular weight excluding hydrogens is 314 g/mol. The van der Waals surface area contributed by atoms with Gasteiger partial charge in [0.05, 0.1) is 0 Å². The minimum Gasteiger partial charge on any atom is -0.211 e. The van der Waals surface area contributed by atoms with Crippen LogP contribution in [0.15, 0.2) is 28.7 Å². The molecule has 1 aromatic rings. The van der Waals surface area contributed by atoms with Crippen LogP contribution in [0.3, 0.4) is 0 Å². The van der Waals surface area contributed by atoms with E-state index in [2.05, 4.69) is 20.7 Å². The molecule has 0 aliphatic heterocycles. The molecule has 0 amide bonds. The monoisotopic (exact) mass is 325 g/mol. The second-order valence-corrected chi connectivity index (χ2v) is 6.61. The van der Waals surface area contributed by atoms with Crippen molar-refractivity contribution >= 4 is 37.6 Å². The van der Waals surface area contributed by atoms with Crippen molar-refractivity contribution in [2.75, 3.05) is 5.21 Å². The summed E-state index contributed by atoms with van der Waals surface area (Å²) in [6.07, 6.45) is 0.678.